The van der Waals surface area contributed by atoms with Crippen LogP contribution in [0.25, 0.3) is 0 Å². The molecular formula is C30H41BN2O6S. The number of thiazole rings is 1. The number of carbonyl (C=O) groups is 2. The summed E-state index contributed by atoms with van der Waals surface area (Å²) in [5, 5.41) is 6.04. The number of aromatic nitrogens is 1. The van der Waals surface area contributed by atoms with Gasteiger partial charge in [-0.2, -0.15) is 0 Å². The highest BCUT2D eigenvalue weighted by atomic mass is 32.1. The molecule has 4 aliphatic rings. The Morgan fingerprint density at radius 2 is 2.02 bits per heavy atom. The minimum atomic E-state index is -0.641. The van der Waals surface area contributed by atoms with E-state index in [2.05, 4.69) is 31.1 Å². The predicted molar refractivity (Wildman–Crippen MR) is 154 cm³/mol. The van der Waals surface area contributed by atoms with Gasteiger partial charge in [-0.1, -0.05) is 26.0 Å². The Hall–Kier alpha value is -2.43. The lowest BCUT2D eigenvalue weighted by atomic mass is 9.43. The number of nitrogens with zero attached hydrogens (tertiary/aromatic N) is 1. The fourth-order valence-electron chi connectivity index (χ4n) is 6.88. The summed E-state index contributed by atoms with van der Waals surface area (Å²) in [7, 11) is 0.922. The molecule has 2 aromatic rings. The number of hydrogen-bond acceptors (Lipinski definition) is 8. The number of rotatable bonds is 9. The number of methoxy groups -OCH3 is 1. The molecule has 2 bridgehead atoms. The molecule has 1 saturated heterocycles. The number of ether oxygens (including phenoxy) is 2. The maximum absolute atomic E-state index is 13.2. The van der Waals surface area contributed by atoms with E-state index < -0.39 is 30.2 Å². The summed E-state index contributed by atoms with van der Waals surface area (Å²) < 4.78 is 24.7. The molecule has 10 heteroatoms. The molecule has 0 radical (unpaired) electrons. The van der Waals surface area contributed by atoms with Crippen molar-refractivity contribution in [3.63, 3.8) is 0 Å². The second kappa shape index (κ2) is 10.8. The molecule has 1 aromatic carbocycles. The van der Waals surface area contributed by atoms with Gasteiger partial charge in [0.2, 0.25) is 5.91 Å². The molecule has 216 valence electrons. The molecule has 1 aromatic heterocycles. The zero-order valence-electron chi connectivity index (χ0n) is 24.6. The van der Waals surface area contributed by atoms with E-state index in [9.17, 15) is 9.59 Å². The molecule has 8 nitrogen and oxygen atoms in total. The van der Waals surface area contributed by atoms with Gasteiger partial charge in [0.1, 0.15) is 16.9 Å². The highest BCUT2D eigenvalue weighted by molar-refractivity contribution is 7.09. The average molecular weight is 569 g/mol. The van der Waals surface area contributed by atoms with Gasteiger partial charge in [-0.05, 0) is 75.8 Å². The van der Waals surface area contributed by atoms with Crippen molar-refractivity contribution in [2.24, 2.45) is 17.3 Å². The van der Waals surface area contributed by atoms with Crippen LogP contribution in [0, 0.1) is 17.3 Å². The molecular weight excluding hydrogens is 527 g/mol. The fraction of sp³-hybridized carbons (Fsp3) is 0.633. The summed E-state index contributed by atoms with van der Waals surface area (Å²) in [6, 6.07) is 5.42. The first-order valence-corrected chi connectivity index (χ1v) is 15.1. The van der Waals surface area contributed by atoms with Gasteiger partial charge < -0.3 is 24.1 Å². The Balaban J connectivity index is 1.39. The van der Waals surface area contributed by atoms with Crippen LogP contribution in [0.2, 0.25) is 0 Å². The van der Waals surface area contributed by atoms with Crippen molar-refractivity contribution >= 4 is 30.3 Å². The normalized spacial score (nSPS) is 27.4. The van der Waals surface area contributed by atoms with Crippen LogP contribution in [-0.4, -0.2) is 54.3 Å². The van der Waals surface area contributed by atoms with E-state index in [4.69, 9.17) is 18.8 Å². The maximum atomic E-state index is 13.2. The van der Waals surface area contributed by atoms with Crippen molar-refractivity contribution in [1.82, 2.24) is 10.3 Å². The van der Waals surface area contributed by atoms with Crippen LogP contribution in [0.15, 0.2) is 29.8 Å². The first-order chi connectivity index (χ1) is 18.8. The van der Waals surface area contributed by atoms with Gasteiger partial charge in [-0.3, -0.25) is 4.79 Å². The van der Waals surface area contributed by atoms with E-state index in [1.165, 1.54) is 0 Å². The maximum Gasteiger partial charge on any atom is 0.482 e. The fourth-order valence-corrected chi connectivity index (χ4v) is 7.50. The summed E-state index contributed by atoms with van der Waals surface area (Å²) in [6.07, 6.45) is 5.08. The van der Waals surface area contributed by atoms with E-state index in [-0.39, 0.29) is 17.4 Å². The smallest absolute Gasteiger partial charge is 0.482 e. The molecule has 2 heterocycles. The van der Waals surface area contributed by atoms with Crippen LogP contribution in [0.4, 0.5) is 0 Å². The van der Waals surface area contributed by atoms with Crippen LogP contribution >= 0.6 is 11.3 Å². The van der Waals surface area contributed by atoms with Crippen LogP contribution in [0.5, 0.6) is 5.75 Å². The first-order valence-electron chi connectivity index (χ1n) is 14.2. The monoisotopic (exact) mass is 568 g/mol. The van der Waals surface area contributed by atoms with Crippen molar-refractivity contribution < 1.29 is 28.4 Å². The third-order valence-electron chi connectivity index (χ3n) is 9.05. The van der Waals surface area contributed by atoms with E-state index >= 15 is 0 Å². The molecule has 0 spiro atoms. The number of nitrogens with one attached hydrogen (secondary N) is 1. The highest BCUT2D eigenvalue weighted by Crippen LogP contribution is 2.65. The Kier molecular flexibility index (Phi) is 7.83. The lowest BCUT2D eigenvalue weighted by molar-refractivity contribution is -0.199. The van der Waals surface area contributed by atoms with Gasteiger partial charge in [-0.25, -0.2) is 9.78 Å². The Labute approximate surface area is 241 Å². The number of aryl methyl sites for hydroxylation is 1. The average Bonchev–Trinajstić information content (AvgIpc) is 3.52. The number of carbonyl (C=O) groups excluding carboxylic acids is 2. The highest BCUT2D eigenvalue weighted by Gasteiger charge is 2.68. The predicted octanol–water partition coefficient (Wildman–Crippen LogP) is 5.03. The second-order valence-electron chi connectivity index (χ2n) is 13.1. The Morgan fingerprint density at radius 1 is 1.25 bits per heavy atom. The van der Waals surface area contributed by atoms with Crippen LogP contribution in [0.1, 0.15) is 81.7 Å². The summed E-state index contributed by atoms with van der Waals surface area (Å²) in [4.78, 5) is 30.5. The standard InChI is InChI=1S/C30H41BN2O6S/c1-28(2,3)37-27(35)20-10-8-9-18(26(20)36-7)15-23(33-24(34)11-12-25-32-13-14-40-25)31-38-22-17-19-16-21(29(19,4)5)30(22,6)39-31/h8-10,13-14,19,21-23H,11-12,15-17H2,1-7H3,(H,33,34). The van der Waals surface area contributed by atoms with Crippen molar-refractivity contribution in [1.29, 1.82) is 0 Å². The summed E-state index contributed by atoms with van der Waals surface area (Å²) >= 11 is 1.54. The van der Waals surface area contributed by atoms with E-state index in [0.717, 1.165) is 23.4 Å². The van der Waals surface area contributed by atoms with Gasteiger partial charge in [0, 0.05) is 24.4 Å². The zero-order chi connectivity index (χ0) is 28.9. The number of benzene rings is 1. The lowest BCUT2D eigenvalue weighted by Gasteiger charge is -2.64. The summed E-state index contributed by atoms with van der Waals surface area (Å²) in [6.45, 7) is 12.3. The van der Waals surface area contributed by atoms with Gasteiger partial charge in [0.25, 0.3) is 0 Å². The van der Waals surface area contributed by atoms with Gasteiger partial charge in [0.15, 0.2) is 0 Å². The van der Waals surface area contributed by atoms with Crippen LogP contribution in [-0.2, 0) is 31.7 Å². The second-order valence-corrected chi connectivity index (χ2v) is 14.1. The molecule has 40 heavy (non-hydrogen) atoms. The van der Waals surface area contributed by atoms with Crippen LogP contribution in [0.3, 0.4) is 0 Å². The number of esters is 1. The molecule has 4 fully saturated rings. The largest absolute Gasteiger partial charge is 0.496 e. The van der Waals surface area contributed by atoms with Crippen LogP contribution < -0.4 is 10.1 Å². The minimum Gasteiger partial charge on any atom is -0.496 e. The van der Waals surface area contributed by atoms with Crippen molar-refractivity contribution in [3.05, 3.63) is 45.9 Å². The van der Waals surface area contributed by atoms with E-state index in [1.807, 2.05) is 38.3 Å². The van der Waals surface area contributed by atoms with E-state index in [0.29, 0.717) is 42.4 Å². The third-order valence-corrected chi connectivity index (χ3v) is 9.89. The van der Waals surface area contributed by atoms with Crippen molar-refractivity contribution in [2.45, 2.75) is 96.9 Å². The van der Waals surface area contributed by atoms with Crippen molar-refractivity contribution in [3.8, 4) is 5.75 Å². The molecule has 1 N–H and O–H groups in total. The molecule has 5 unspecified atom stereocenters. The quantitative estimate of drug-likeness (QED) is 0.335. The zero-order valence-corrected chi connectivity index (χ0v) is 25.4. The van der Waals surface area contributed by atoms with Gasteiger partial charge in [0.05, 0.1) is 29.8 Å². The third kappa shape index (κ3) is 5.55. The number of amides is 1. The molecule has 6 rings (SSSR count). The van der Waals surface area contributed by atoms with Gasteiger partial charge >= 0.3 is 13.1 Å². The first kappa shape index (κ1) is 29.1. The lowest BCUT2D eigenvalue weighted by Crippen LogP contribution is -2.65. The Bertz CT molecular complexity index is 1250. The van der Waals surface area contributed by atoms with E-state index in [1.54, 1.807) is 30.7 Å². The van der Waals surface area contributed by atoms with Crippen molar-refractivity contribution in [2.75, 3.05) is 7.11 Å². The molecule has 3 aliphatic carbocycles. The topological polar surface area (TPSA) is 96.0 Å². The SMILES string of the molecule is COc1c(CC(NC(=O)CCc2nccs2)B2OC3CC4CC(C4(C)C)C3(C)O2)cccc1C(=O)OC(C)(C)C. The number of para-hydroxylation sites is 1. The summed E-state index contributed by atoms with van der Waals surface area (Å²) in [5.74, 6) is 0.427. The molecule has 1 aliphatic heterocycles. The van der Waals surface area contributed by atoms with Gasteiger partial charge in [-0.15, -0.1) is 11.3 Å². The minimum absolute atomic E-state index is 0.0148. The molecule has 1 amide bonds. The number of hydrogen-bond donors (Lipinski definition) is 1. The molecule has 5 atom stereocenters. The Morgan fingerprint density at radius 3 is 2.67 bits per heavy atom. The summed E-state index contributed by atoms with van der Waals surface area (Å²) in [5.41, 5.74) is 0.279. The molecule has 3 saturated carbocycles.